The van der Waals surface area contributed by atoms with Crippen molar-refractivity contribution in [2.45, 2.75) is 13.3 Å². The number of allylic oxidation sites excluding steroid dienone is 6. The number of rotatable bonds is 1. The minimum Gasteiger partial charge on any atom is -0.295 e. The lowest BCUT2D eigenvalue weighted by atomic mass is 10.1. The summed E-state index contributed by atoms with van der Waals surface area (Å²) in [5, 5.41) is 0.741. The zero-order valence-corrected chi connectivity index (χ0v) is 7.06. The van der Waals surface area contributed by atoms with Crippen LogP contribution in [0.15, 0.2) is 34.9 Å². The fraction of sp³-hybridized carbons (Fsp3) is 0.222. The highest BCUT2D eigenvalue weighted by atomic mass is 35.5. The van der Waals surface area contributed by atoms with Crippen LogP contribution in [0.3, 0.4) is 0 Å². The smallest absolute Gasteiger partial charge is 0.152 e. The van der Waals surface area contributed by atoms with Gasteiger partial charge < -0.3 is 0 Å². The third-order valence-electron chi connectivity index (χ3n) is 1.38. The molecule has 0 radical (unpaired) electrons. The van der Waals surface area contributed by atoms with Crippen molar-refractivity contribution in [1.82, 2.24) is 0 Å². The van der Waals surface area contributed by atoms with Gasteiger partial charge in [0.2, 0.25) is 0 Å². The van der Waals surface area contributed by atoms with Gasteiger partial charge in [0.1, 0.15) is 0 Å². The van der Waals surface area contributed by atoms with Crippen molar-refractivity contribution < 1.29 is 4.79 Å². The van der Waals surface area contributed by atoms with E-state index in [-0.39, 0.29) is 5.78 Å². The molecule has 0 saturated heterocycles. The molecular formula is C9H9ClO. The molecule has 1 aliphatic carbocycles. The van der Waals surface area contributed by atoms with Gasteiger partial charge in [-0.25, -0.2) is 0 Å². The highest BCUT2D eigenvalue weighted by molar-refractivity contribution is 6.31. The van der Waals surface area contributed by atoms with Gasteiger partial charge in [-0.1, -0.05) is 23.8 Å². The Morgan fingerprint density at radius 1 is 1.64 bits per heavy atom. The van der Waals surface area contributed by atoms with Crippen LogP contribution in [0.1, 0.15) is 13.3 Å². The average Bonchev–Trinajstić information content (AvgIpc) is 1.93. The van der Waals surface area contributed by atoms with Crippen LogP contribution in [-0.4, -0.2) is 5.78 Å². The quantitative estimate of drug-likeness (QED) is 0.550. The van der Waals surface area contributed by atoms with E-state index in [1.807, 2.05) is 12.2 Å². The topological polar surface area (TPSA) is 17.1 Å². The Balaban J connectivity index is 2.70. The van der Waals surface area contributed by atoms with E-state index < -0.39 is 0 Å². The SMILES string of the molecule is CC(=O)/C=C1\C=CC(Cl)=CC1. The molecule has 58 valence electrons. The maximum Gasteiger partial charge on any atom is 0.152 e. The Hall–Kier alpha value is -0.820. The summed E-state index contributed by atoms with van der Waals surface area (Å²) in [4.78, 5) is 10.6. The number of hydrogen-bond donors (Lipinski definition) is 0. The van der Waals surface area contributed by atoms with Crippen LogP contribution in [0.2, 0.25) is 0 Å². The first-order chi connectivity index (χ1) is 5.18. The third kappa shape index (κ3) is 2.72. The van der Waals surface area contributed by atoms with Crippen LogP contribution in [0, 0.1) is 0 Å². The molecule has 0 unspecified atom stereocenters. The molecule has 0 fully saturated rings. The van der Waals surface area contributed by atoms with Crippen molar-refractivity contribution in [3.63, 3.8) is 0 Å². The molecule has 0 atom stereocenters. The molecule has 0 saturated carbocycles. The maximum absolute atomic E-state index is 10.6. The van der Waals surface area contributed by atoms with E-state index in [4.69, 9.17) is 11.6 Å². The molecule has 0 heterocycles. The number of hydrogen-bond acceptors (Lipinski definition) is 1. The molecule has 1 nitrogen and oxygen atoms in total. The summed E-state index contributed by atoms with van der Waals surface area (Å²) in [6.07, 6.45) is 7.92. The van der Waals surface area contributed by atoms with E-state index >= 15 is 0 Å². The fourth-order valence-corrected chi connectivity index (χ4v) is 1.05. The summed E-state index contributed by atoms with van der Waals surface area (Å²) in [7, 11) is 0. The monoisotopic (exact) mass is 168 g/mol. The first-order valence-corrected chi connectivity index (χ1v) is 3.81. The molecule has 2 heteroatoms. The minimum atomic E-state index is 0.0797. The minimum absolute atomic E-state index is 0.0797. The second-order valence-electron chi connectivity index (χ2n) is 2.46. The average molecular weight is 169 g/mol. The van der Waals surface area contributed by atoms with Gasteiger partial charge in [0, 0.05) is 5.03 Å². The van der Waals surface area contributed by atoms with E-state index in [0.29, 0.717) is 0 Å². The molecular weight excluding hydrogens is 160 g/mol. The summed E-state index contributed by atoms with van der Waals surface area (Å²) in [5.41, 5.74) is 1.02. The van der Waals surface area contributed by atoms with Gasteiger partial charge in [-0.05, 0) is 31.1 Å². The third-order valence-corrected chi connectivity index (χ3v) is 1.66. The lowest BCUT2D eigenvalue weighted by Crippen LogP contribution is -1.88. The zero-order chi connectivity index (χ0) is 8.27. The van der Waals surface area contributed by atoms with Crippen LogP contribution in [0.25, 0.3) is 0 Å². The molecule has 11 heavy (non-hydrogen) atoms. The molecule has 0 bridgehead atoms. The lowest BCUT2D eigenvalue weighted by molar-refractivity contribution is -0.112. The van der Waals surface area contributed by atoms with Crippen LogP contribution in [0.5, 0.6) is 0 Å². The predicted molar refractivity (Wildman–Crippen MR) is 46.5 cm³/mol. The summed E-state index contributed by atoms with van der Waals surface area (Å²) in [6, 6.07) is 0. The number of halogens is 1. The normalized spacial score (nSPS) is 20.2. The second-order valence-corrected chi connectivity index (χ2v) is 2.89. The Morgan fingerprint density at radius 3 is 2.82 bits per heavy atom. The van der Waals surface area contributed by atoms with Crippen LogP contribution in [0.4, 0.5) is 0 Å². The molecule has 0 aliphatic heterocycles. The highest BCUT2D eigenvalue weighted by Gasteiger charge is 1.98. The van der Waals surface area contributed by atoms with E-state index in [2.05, 4.69) is 0 Å². The Kier molecular flexibility index (Phi) is 2.66. The van der Waals surface area contributed by atoms with Gasteiger partial charge in [-0.2, -0.15) is 0 Å². The maximum atomic E-state index is 10.6. The van der Waals surface area contributed by atoms with Crippen molar-refractivity contribution in [3.8, 4) is 0 Å². The molecule has 0 aromatic heterocycles. The molecule has 0 N–H and O–H groups in total. The predicted octanol–water partition coefficient (Wildman–Crippen LogP) is 2.58. The number of ketones is 1. The molecule has 0 aromatic carbocycles. The summed E-state index contributed by atoms with van der Waals surface area (Å²) >= 11 is 5.68. The largest absolute Gasteiger partial charge is 0.295 e. The molecule has 0 aromatic rings. The number of carbonyl (C=O) groups excluding carboxylic acids is 1. The van der Waals surface area contributed by atoms with E-state index in [0.717, 1.165) is 17.0 Å². The molecule has 1 rings (SSSR count). The first-order valence-electron chi connectivity index (χ1n) is 3.43. The van der Waals surface area contributed by atoms with E-state index in [1.165, 1.54) is 0 Å². The van der Waals surface area contributed by atoms with Crippen molar-refractivity contribution in [3.05, 3.63) is 34.9 Å². The zero-order valence-electron chi connectivity index (χ0n) is 6.30. The van der Waals surface area contributed by atoms with Gasteiger partial charge in [-0.3, -0.25) is 4.79 Å². The standard InChI is InChI=1S/C9H9ClO/c1-7(11)6-8-2-4-9(10)5-3-8/h2,4-6H,3H2,1H3/b8-6+. The Labute approximate surface area is 71.0 Å². The van der Waals surface area contributed by atoms with Crippen molar-refractivity contribution in [2.24, 2.45) is 0 Å². The summed E-state index contributed by atoms with van der Waals surface area (Å²) < 4.78 is 0. The molecule has 0 amide bonds. The summed E-state index contributed by atoms with van der Waals surface area (Å²) in [6.45, 7) is 1.54. The van der Waals surface area contributed by atoms with Gasteiger partial charge in [0.05, 0.1) is 0 Å². The van der Waals surface area contributed by atoms with Crippen LogP contribution >= 0.6 is 11.6 Å². The molecule has 1 aliphatic rings. The Bertz CT molecular complexity index is 259. The van der Waals surface area contributed by atoms with Gasteiger partial charge >= 0.3 is 0 Å². The summed E-state index contributed by atoms with van der Waals surface area (Å²) in [5.74, 6) is 0.0797. The lowest BCUT2D eigenvalue weighted by Gasteiger charge is -2.02. The fourth-order valence-electron chi connectivity index (χ4n) is 0.906. The van der Waals surface area contributed by atoms with Gasteiger partial charge in [0.15, 0.2) is 5.78 Å². The van der Waals surface area contributed by atoms with E-state index in [1.54, 1.807) is 19.1 Å². The van der Waals surface area contributed by atoms with Crippen LogP contribution < -0.4 is 0 Å². The van der Waals surface area contributed by atoms with Crippen molar-refractivity contribution >= 4 is 17.4 Å². The first kappa shape index (κ1) is 8.28. The Morgan fingerprint density at radius 2 is 2.36 bits per heavy atom. The molecule has 0 spiro atoms. The highest BCUT2D eigenvalue weighted by Crippen LogP contribution is 2.17. The van der Waals surface area contributed by atoms with E-state index in [9.17, 15) is 4.79 Å². The van der Waals surface area contributed by atoms with Gasteiger partial charge in [-0.15, -0.1) is 0 Å². The van der Waals surface area contributed by atoms with Crippen molar-refractivity contribution in [1.29, 1.82) is 0 Å². The second kappa shape index (κ2) is 3.54. The van der Waals surface area contributed by atoms with Crippen LogP contribution in [-0.2, 0) is 4.79 Å². The number of carbonyl (C=O) groups is 1. The van der Waals surface area contributed by atoms with Gasteiger partial charge in [0.25, 0.3) is 0 Å². The van der Waals surface area contributed by atoms with Crippen molar-refractivity contribution in [2.75, 3.05) is 0 Å².